The molecule has 0 bridgehead atoms. The normalized spacial score (nSPS) is 18.8. The third-order valence-electron chi connectivity index (χ3n) is 4.82. The Balaban J connectivity index is 1.85. The lowest BCUT2D eigenvalue weighted by atomic mass is 10.0. The Morgan fingerprint density at radius 1 is 1.31 bits per heavy atom. The van der Waals surface area contributed by atoms with Crippen molar-refractivity contribution in [3.05, 3.63) is 52.6 Å². The minimum Gasteiger partial charge on any atom is -0.340 e. The number of nitrogens with two attached hydrogens (primary N) is 1. The molecule has 0 saturated carbocycles. The van der Waals surface area contributed by atoms with Crippen LogP contribution in [0, 0.1) is 12.4 Å². The van der Waals surface area contributed by atoms with Crippen molar-refractivity contribution >= 4 is 34.3 Å². The van der Waals surface area contributed by atoms with Gasteiger partial charge in [0, 0.05) is 31.9 Å². The summed E-state index contributed by atoms with van der Waals surface area (Å²) < 4.78 is 43.3. The minimum atomic E-state index is -2.97. The van der Waals surface area contributed by atoms with E-state index in [-0.39, 0.29) is 30.8 Å². The Hall–Kier alpha value is -2.90. The number of hydrogen-bond acceptors (Lipinski definition) is 5. The first kappa shape index (κ1) is 19.4. The molecule has 1 fully saturated rings. The van der Waals surface area contributed by atoms with E-state index in [0.29, 0.717) is 22.3 Å². The van der Waals surface area contributed by atoms with E-state index in [9.17, 15) is 13.2 Å². The third kappa shape index (κ3) is 3.59. The van der Waals surface area contributed by atoms with Gasteiger partial charge in [-0.1, -0.05) is 11.6 Å². The molecule has 29 heavy (non-hydrogen) atoms. The zero-order valence-electron chi connectivity index (χ0n) is 15.0. The maximum atomic E-state index is 13.9. The van der Waals surface area contributed by atoms with Gasteiger partial charge in [0.1, 0.15) is 11.6 Å². The van der Waals surface area contributed by atoms with Gasteiger partial charge in [0.25, 0.3) is 5.92 Å². The fourth-order valence-electron chi connectivity index (χ4n) is 3.35. The predicted molar refractivity (Wildman–Crippen MR) is 102 cm³/mol. The van der Waals surface area contributed by atoms with Gasteiger partial charge in [-0.3, -0.25) is 0 Å². The average Bonchev–Trinajstić information content (AvgIpc) is 3.03. The number of nitrogens with zero attached hydrogens (tertiary/aromatic N) is 6. The van der Waals surface area contributed by atoms with E-state index < -0.39 is 24.2 Å². The molecule has 1 aromatic carbocycles. The van der Waals surface area contributed by atoms with E-state index in [4.69, 9.17) is 23.9 Å². The lowest BCUT2D eigenvalue weighted by Gasteiger charge is -2.37. The van der Waals surface area contributed by atoms with E-state index in [0.717, 1.165) is 6.07 Å². The number of rotatable bonds is 3. The Morgan fingerprint density at radius 2 is 2.03 bits per heavy atom. The molecule has 2 aromatic heterocycles. The summed E-state index contributed by atoms with van der Waals surface area (Å²) in [6.07, 6.45) is 2.42. The Bertz CT molecular complexity index is 1110. The largest absolute Gasteiger partial charge is 0.340 e. The van der Waals surface area contributed by atoms with Gasteiger partial charge in [0.15, 0.2) is 0 Å². The van der Waals surface area contributed by atoms with Crippen LogP contribution in [0.5, 0.6) is 0 Å². The zero-order chi connectivity index (χ0) is 20.8. The molecule has 1 aliphatic rings. The van der Waals surface area contributed by atoms with Crippen molar-refractivity contribution in [2.75, 3.05) is 18.0 Å². The van der Waals surface area contributed by atoms with Crippen molar-refractivity contribution in [1.29, 1.82) is 0 Å². The van der Waals surface area contributed by atoms with Crippen LogP contribution in [0.15, 0.2) is 24.5 Å². The van der Waals surface area contributed by atoms with Crippen LogP contribution in [-0.4, -0.2) is 44.6 Å². The molecular formula is C18H15ClF3N7. The van der Waals surface area contributed by atoms with Crippen molar-refractivity contribution in [3.8, 4) is 0 Å². The van der Waals surface area contributed by atoms with Gasteiger partial charge >= 0.3 is 0 Å². The zero-order valence-corrected chi connectivity index (χ0v) is 15.7. The van der Waals surface area contributed by atoms with Gasteiger partial charge in [0.05, 0.1) is 35.2 Å². The first-order valence-electron chi connectivity index (χ1n) is 8.70. The topological polar surface area (TPSA) is 77.2 Å². The molecule has 0 unspecified atom stereocenters. The van der Waals surface area contributed by atoms with Crippen LogP contribution < -0.4 is 10.6 Å². The highest BCUT2D eigenvalue weighted by Gasteiger charge is 2.43. The second kappa shape index (κ2) is 7.17. The summed E-state index contributed by atoms with van der Waals surface area (Å²) in [5.74, 6) is -2.90. The van der Waals surface area contributed by atoms with Crippen LogP contribution in [0.1, 0.15) is 12.2 Å². The quantitative estimate of drug-likeness (QED) is 0.656. The maximum absolute atomic E-state index is 13.9. The molecule has 1 aliphatic heterocycles. The predicted octanol–water partition coefficient (Wildman–Crippen LogP) is 3.39. The first-order valence-corrected chi connectivity index (χ1v) is 9.08. The van der Waals surface area contributed by atoms with Crippen LogP contribution in [0.4, 0.5) is 24.8 Å². The van der Waals surface area contributed by atoms with Crippen molar-refractivity contribution in [1.82, 2.24) is 19.5 Å². The smallest absolute Gasteiger partial charge is 0.266 e. The van der Waals surface area contributed by atoms with Crippen LogP contribution in [0.2, 0.25) is 5.02 Å². The number of piperidine rings is 1. The van der Waals surface area contributed by atoms with Crippen LogP contribution in [0.3, 0.4) is 0 Å². The van der Waals surface area contributed by atoms with Gasteiger partial charge < -0.3 is 15.2 Å². The molecule has 1 atom stereocenters. The molecule has 150 valence electrons. The molecule has 11 heteroatoms. The Morgan fingerprint density at radius 3 is 2.69 bits per heavy atom. The van der Waals surface area contributed by atoms with E-state index in [1.165, 1.54) is 18.5 Å². The molecule has 0 amide bonds. The van der Waals surface area contributed by atoms with Gasteiger partial charge in [-0.15, -0.1) is 0 Å². The fraction of sp³-hybridized carbons (Fsp3) is 0.333. The average molecular weight is 422 g/mol. The number of fused-ring (bicyclic) bond motifs is 1. The van der Waals surface area contributed by atoms with Crippen LogP contribution in [-0.2, 0) is 6.54 Å². The number of hydrogen-bond donors (Lipinski definition) is 1. The van der Waals surface area contributed by atoms with Crippen molar-refractivity contribution in [2.45, 2.75) is 24.9 Å². The van der Waals surface area contributed by atoms with Crippen LogP contribution in [0.25, 0.3) is 15.9 Å². The number of aromatic nitrogens is 4. The summed E-state index contributed by atoms with van der Waals surface area (Å²) in [5.41, 5.74) is 6.33. The minimum absolute atomic E-state index is 0.0152. The summed E-state index contributed by atoms with van der Waals surface area (Å²) in [4.78, 5) is 17.7. The summed E-state index contributed by atoms with van der Waals surface area (Å²) in [7, 11) is 0. The molecule has 1 saturated heterocycles. The molecule has 0 aliphatic carbocycles. The lowest BCUT2D eigenvalue weighted by Crippen LogP contribution is -2.55. The molecule has 0 spiro atoms. The number of alkyl halides is 2. The highest BCUT2D eigenvalue weighted by molar-refractivity contribution is 6.30. The highest BCUT2D eigenvalue weighted by atomic mass is 35.5. The molecule has 3 heterocycles. The number of benzene rings is 1. The van der Waals surface area contributed by atoms with Crippen molar-refractivity contribution in [2.24, 2.45) is 5.73 Å². The molecule has 7 nitrogen and oxygen atoms in total. The SMILES string of the molecule is [C-]#[N+]c1cc(F)cc2nc(N3CCC(F)(F)[C@H](N)C3)n(Cc3ncc(Cl)cn3)c12. The lowest BCUT2D eigenvalue weighted by molar-refractivity contribution is -0.0395. The number of halogens is 4. The van der Waals surface area contributed by atoms with Crippen molar-refractivity contribution in [3.63, 3.8) is 0 Å². The van der Waals surface area contributed by atoms with Gasteiger partial charge in [0.2, 0.25) is 11.6 Å². The molecular weight excluding hydrogens is 407 g/mol. The number of anilines is 1. The van der Waals surface area contributed by atoms with E-state index in [1.54, 1.807) is 9.47 Å². The number of imidazole rings is 1. The van der Waals surface area contributed by atoms with Crippen LogP contribution >= 0.6 is 11.6 Å². The Kier molecular flexibility index (Phi) is 4.80. The van der Waals surface area contributed by atoms with E-state index in [2.05, 4.69) is 19.8 Å². The molecule has 3 aromatic rings. The molecule has 4 rings (SSSR count). The van der Waals surface area contributed by atoms with E-state index >= 15 is 0 Å². The second-order valence-corrected chi connectivity index (χ2v) is 7.22. The molecule has 2 N–H and O–H groups in total. The summed E-state index contributed by atoms with van der Waals surface area (Å²) >= 11 is 5.83. The summed E-state index contributed by atoms with van der Waals surface area (Å²) in [6.45, 7) is 7.38. The van der Waals surface area contributed by atoms with Gasteiger partial charge in [-0.2, -0.15) is 0 Å². The highest BCUT2D eigenvalue weighted by Crippen LogP contribution is 2.35. The summed E-state index contributed by atoms with van der Waals surface area (Å²) in [5, 5.41) is 0.359. The van der Waals surface area contributed by atoms with Gasteiger partial charge in [-0.05, 0) is 12.1 Å². The standard InChI is InChI=1S/C18H15ClF3N7/c1-24-12-4-11(20)5-13-16(12)29(9-15-25-6-10(19)7-26-15)17(27-13)28-3-2-18(21,22)14(23)8-28/h4-7,14H,2-3,8-9,23H2/t14-/m1/s1. The fourth-order valence-corrected chi connectivity index (χ4v) is 3.45. The van der Waals surface area contributed by atoms with E-state index in [1.807, 2.05) is 0 Å². The molecule has 0 radical (unpaired) electrons. The second-order valence-electron chi connectivity index (χ2n) is 6.78. The monoisotopic (exact) mass is 421 g/mol. The first-order chi connectivity index (χ1) is 13.8. The summed E-state index contributed by atoms with van der Waals surface area (Å²) in [6, 6.07) is 0.940. The van der Waals surface area contributed by atoms with Gasteiger partial charge in [-0.25, -0.2) is 33.0 Å². The Labute approximate surface area is 168 Å². The maximum Gasteiger partial charge on any atom is 0.266 e. The third-order valence-corrected chi connectivity index (χ3v) is 5.01. The van der Waals surface area contributed by atoms with Crippen molar-refractivity contribution < 1.29 is 13.2 Å².